The minimum atomic E-state index is -0.451. The Hall–Kier alpha value is -1.40. The second kappa shape index (κ2) is 7.91. The lowest BCUT2D eigenvalue weighted by Crippen LogP contribution is -2.19. The van der Waals surface area contributed by atoms with Crippen LogP contribution in [0.2, 0.25) is 0 Å². The molecule has 0 aliphatic carbocycles. The predicted octanol–water partition coefficient (Wildman–Crippen LogP) is 1.45. The number of nitrogens with zero attached hydrogens (tertiary/aromatic N) is 2. The molecule has 1 atom stereocenters. The van der Waals surface area contributed by atoms with Crippen LogP contribution in [0.1, 0.15) is 32.0 Å². The van der Waals surface area contributed by atoms with E-state index in [1.165, 1.54) is 0 Å². The average Bonchev–Trinajstić information content (AvgIpc) is 2.38. The molecule has 1 unspecified atom stereocenters. The highest BCUT2D eigenvalue weighted by Gasteiger charge is 2.08. The van der Waals surface area contributed by atoms with Crippen molar-refractivity contribution in [3.8, 4) is 0 Å². The highest BCUT2D eigenvalue weighted by atomic mass is 16.5. The maximum atomic E-state index is 9.56. The first-order chi connectivity index (χ1) is 9.06. The largest absolute Gasteiger partial charge is 0.391 e. The molecule has 1 heterocycles. The van der Waals surface area contributed by atoms with Crippen molar-refractivity contribution in [2.45, 2.75) is 32.3 Å². The van der Waals surface area contributed by atoms with Gasteiger partial charge in [-0.25, -0.2) is 9.97 Å². The number of rotatable bonds is 8. The van der Waals surface area contributed by atoms with Crippen LogP contribution >= 0.6 is 0 Å². The number of aromatic nitrogens is 2. The van der Waals surface area contributed by atoms with Crippen molar-refractivity contribution in [3.63, 3.8) is 0 Å². The van der Waals surface area contributed by atoms with Gasteiger partial charge in [-0.15, -0.1) is 0 Å². The smallest absolute Gasteiger partial charge is 0.135 e. The molecule has 6 nitrogen and oxygen atoms in total. The van der Waals surface area contributed by atoms with Gasteiger partial charge in [0.2, 0.25) is 0 Å². The summed E-state index contributed by atoms with van der Waals surface area (Å²) in [4.78, 5) is 8.84. The molecule has 1 aromatic rings. The molecule has 0 fully saturated rings. The third kappa shape index (κ3) is 5.40. The normalized spacial score (nSPS) is 12.5. The molecule has 0 aromatic carbocycles. The van der Waals surface area contributed by atoms with Crippen LogP contribution in [0.4, 0.5) is 11.6 Å². The predicted molar refractivity (Wildman–Crippen MR) is 76.7 cm³/mol. The molecule has 0 bridgehead atoms. The lowest BCUT2D eigenvalue weighted by atomic mass is 10.2. The third-order valence-electron chi connectivity index (χ3n) is 2.66. The third-order valence-corrected chi connectivity index (χ3v) is 2.66. The minimum Gasteiger partial charge on any atom is -0.391 e. The van der Waals surface area contributed by atoms with Gasteiger partial charge in [0.15, 0.2) is 0 Å². The number of methoxy groups -OCH3 is 1. The Labute approximate surface area is 114 Å². The van der Waals surface area contributed by atoms with Crippen molar-refractivity contribution in [2.24, 2.45) is 0 Å². The second-order valence-corrected chi connectivity index (χ2v) is 4.73. The van der Waals surface area contributed by atoms with Gasteiger partial charge >= 0.3 is 0 Å². The Balaban J connectivity index is 2.59. The Kier molecular flexibility index (Phi) is 6.52. The first-order valence-corrected chi connectivity index (χ1v) is 6.54. The summed E-state index contributed by atoms with van der Waals surface area (Å²) in [5.74, 6) is 2.63. The van der Waals surface area contributed by atoms with Crippen molar-refractivity contribution in [3.05, 3.63) is 11.9 Å². The summed E-state index contributed by atoms with van der Waals surface area (Å²) in [5.41, 5.74) is 0. The molecule has 1 aromatic heterocycles. The van der Waals surface area contributed by atoms with E-state index in [0.717, 1.165) is 17.5 Å². The van der Waals surface area contributed by atoms with Crippen LogP contribution in [0.5, 0.6) is 0 Å². The standard InChI is InChI=1S/C13H24N4O2/c1-9(2)13-16-11(14-3)7-12(17-13)15-6-5-10(18)8-19-4/h7,9-10,18H,5-6,8H2,1-4H3,(H2,14,15,16,17). The van der Waals surface area contributed by atoms with E-state index in [0.29, 0.717) is 19.6 Å². The minimum absolute atomic E-state index is 0.271. The van der Waals surface area contributed by atoms with Gasteiger partial charge in [-0.05, 0) is 6.42 Å². The maximum absolute atomic E-state index is 9.56. The second-order valence-electron chi connectivity index (χ2n) is 4.73. The number of ether oxygens (including phenoxy) is 1. The summed E-state index contributed by atoms with van der Waals surface area (Å²) in [5, 5.41) is 15.8. The van der Waals surface area contributed by atoms with Crippen LogP contribution in [0.3, 0.4) is 0 Å². The molecule has 0 radical (unpaired) electrons. The van der Waals surface area contributed by atoms with E-state index in [-0.39, 0.29) is 5.92 Å². The van der Waals surface area contributed by atoms with E-state index < -0.39 is 6.10 Å². The topological polar surface area (TPSA) is 79.3 Å². The van der Waals surface area contributed by atoms with Gasteiger partial charge in [-0.1, -0.05) is 13.8 Å². The molecule has 0 amide bonds. The van der Waals surface area contributed by atoms with Crippen molar-refractivity contribution in [2.75, 3.05) is 37.9 Å². The molecule has 0 aliphatic rings. The van der Waals surface area contributed by atoms with Gasteiger partial charge in [0.25, 0.3) is 0 Å². The van der Waals surface area contributed by atoms with E-state index >= 15 is 0 Å². The summed E-state index contributed by atoms with van der Waals surface area (Å²) < 4.78 is 4.88. The molecular formula is C13H24N4O2. The van der Waals surface area contributed by atoms with Gasteiger partial charge in [0.1, 0.15) is 17.5 Å². The van der Waals surface area contributed by atoms with Crippen LogP contribution in [-0.4, -0.2) is 48.5 Å². The van der Waals surface area contributed by atoms with Crippen molar-refractivity contribution in [1.82, 2.24) is 9.97 Å². The summed E-state index contributed by atoms with van der Waals surface area (Å²) in [6.45, 7) is 5.11. The molecule has 0 aliphatic heterocycles. The Morgan fingerprint density at radius 2 is 2.00 bits per heavy atom. The summed E-state index contributed by atoms with van der Waals surface area (Å²) in [6.07, 6.45) is 0.164. The number of hydrogen-bond donors (Lipinski definition) is 3. The lowest BCUT2D eigenvalue weighted by molar-refractivity contribution is 0.0615. The van der Waals surface area contributed by atoms with Gasteiger partial charge in [-0.2, -0.15) is 0 Å². The number of anilines is 2. The van der Waals surface area contributed by atoms with E-state index in [9.17, 15) is 5.11 Å². The van der Waals surface area contributed by atoms with Crippen molar-refractivity contribution >= 4 is 11.6 Å². The molecule has 0 saturated heterocycles. The highest BCUT2D eigenvalue weighted by molar-refractivity contribution is 5.47. The average molecular weight is 268 g/mol. The van der Waals surface area contributed by atoms with Crippen molar-refractivity contribution in [1.29, 1.82) is 0 Å². The van der Waals surface area contributed by atoms with Crippen LogP contribution in [0, 0.1) is 0 Å². The van der Waals surface area contributed by atoms with Gasteiger partial charge in [0, 0.05) is 32.7 Å². The van der Waals surface area contributed by atoms with E-state index in [1.807, 2.05) is 13.1 Å². The molecule has 0 saturated carbocycles. The van der Waals surface area contributed by atoms with Crippen LogP contribution < -0.4 is 10.6 Å². The Bertz CT molecular complexity index is 385. The summed E-state index contributed by atoms with van der Waals surface area (Å²) in [6, 6.07) is 1.86. The fraction of sp³-hybridized carbons (Fsp3) is 0.692. The zero-order valence-electron chi connectivity index (χ0n) is 12.1. The molecule has 3 N–H and O–H groups in total. The lowest BCUT2D eigenvalue weighted by Gasteiger charge is -2.13. The van der Waals surface area contributed by atoms with Crippen LogP contribution in [0.25, 0.3) is 0 Å². The first kappa shape index (κ1) is 15.7. The molecule has 6 heteroatoms. The van der Waals surface area contributed by atoms with E-state index in [4.69, 9.17) is 4.74 Å². The molecule has 108 valence electrons. The number of hydrogen-bond acceptors (Lipinski definition) is 6. The SMILES string of the molecule is CNc1cc(NCCC(O)COC)nc(C(C)C)n1. The van der Waals surface area contributed by atoms with Crippen molar-refractivity contribution < 1.29 is 9.84 Å². The van der Waals surface area contributed by atoms with Crippen LogP contribution in [-0.2, 0) is 4.74 Å². The zero-order chi connectivity index (χ0) is 14.3. The number of aliphatic hydroxyl groups is 1. The fourth-order valence-electron chi connectivity index (χ4n) is 1.59. The quantitative estimate of drug-likeness (QED) is 0.662. The monoisotopic (exact) mass is 268 g/mol. The fourth-order valence-corrected chi connectivity index (χ4v) is 1.59. The molecule has 1 rings (SSSR count). The van der Waals surface area contributed by atoms with Gasteiger partial charge in [-0.3, -0.25) is 0 Å². The van der Waals surface area contributed by atoms with Crippen LogP contribution in [0.15, 0.2) is 6.07 Å². The van der Waals surface area contributed by atoms with E-state index in [2.05, 4.69) is 34.4 Å². The Morgan fingerprint density at radius 1 is 1.32 bits per heavy atom. The van der Waals surface area contributed by atoms with Gasteiger partial charge < -0.3 is 20.5 Å². The number of aliphatic hydroxyl groups excluding tert-OH is 1. The highest BCUT2D eigenvalue weighted by Crippen LogP contribution is 2.16. The molecule has 0 spiro atoms. The maximum Gasteiger partial charge on any atom is 0.135 e. The summed E-state index contributed by atoms with van der Waals surface area (Å²) in [7, 11) is 3.41. The molecular weight excluding hydrogens is 244 g/mol. The summed E-state index contributed by atoms with van der Waals surface area (Å²) >= 11 is 0. The molecule has 19 heavy (non-hydrogen) atoms. The Morgan fingerprint density at radius 3 is 2.58 bits per heavy atom. The number of nitrogens with one attached hydrogen (secondary N) is 2. The van der Waals surface area contributed by atoms with Gasteiger partial charge in [0.05, 0.1) is 12.7 Å². The zero-order valence-corrected chi connectivity index (χ0v) is 12.1. The van der Waals surface area contributed by atoms with E-state index in [1.54, 1.807) is 7.11 Å². The first-order valence-electron chi connectivity index (χ1n) is 6.54.